The van der Waals surface area contributed by atoms with Gasteiger partial charge in [-0.2, -0.15) is 0 Å². The highest BCUT2D eigenvalue weighted by Gasteiger charge is 2.07. The van der Waals surface area contributed by atoms with Gasteiger partial charge in [0.2, 0.25) is 0 Å². The van der Waals surface area contributed by atoms with E-state index in [1.165, 1.54) is 11.1 Å². The summed E-state index contributed by atoms with van der Waals surface area (Å²) in [5.74, 6) is 5.34. The van der Waals surface area contributed by atoms with Gasteiger partial charge in [0.25, 0.3) is 0 Å². The molecular weight excluding hydrogens is 204 g/mol. The second kappa shape index (κ2) is 6.76. The molecule has 0 heterocycles. The average molecular weight is 220 g/mol. The highest BCUT2D eigenvalue weighted by atomic mass is 16.5. The molecule has 0 unspecified atom stereocenters. The molecule has 4 nitrogen and oxygen atoms in total. The van der Waals surface area contributed by atoms with Crippen LogP contribution in [0.4, 0.5) is 0 Å². The number of carbonyl (C=O) groups is 1. The van der Waals surface area contributed by atoms with Gasteiger partial charge in [0, 0.05) is 6.54 Å². The molecule has 2 N–H and O–H groups in total. The summed E-state index contributed by atoms with van der Waals surface area (Å²) in [6.07, 6.45) is 1.52. The van der Waals surface area contributed by atoms with Crippen LogP contribution < -0.4 is 5.84 Å². The molecule has 0 spiro atoms. The molecule has 4 heteroatoms. The quantitative estimate of drug-likeness (QED) is 0.337. The minimum absolute atomic E-state index is 0.0722. The maximum absolute atomic E-state index is 11.2. The van der Waals surface area contributed by atoms with Crippen molar-refractivity contribution in [3.8, 4) is 0 Å². The molecule has 0 bridgehead atoms. The Labute approximate surface area is 95.3 Å². The molecule has 0 saturated heterocycles. The third kappa shape index (κ3) is 4.72. The fourth-order valence-electron chi connectivity index (χ4n) is 1.24. The third-order valence-electron chi connectivity index (χ3n) is 1.92. The van der Waals surface area contributed by atoms with E-state index in [2.05, 4.69) is 6.58 Å². The number of nitrogens with zero attached hydrogens (tertiary/aromatic N) is 1. The van der Waals surface area contributed by atoms with Crippen LogP contribution in [0.3, 0.4) is 0 Å². The van der Waals surface area contributed by atoms with Gasteiger partial charge in [0.1, 0.15) is 13.2 Å². The first-order valence-corrected chi connectivity index (χ1v) is 5.02. The fourth-order valence-corrected chi connectivity index (χ4v) is 1.24. The lowest BCUT2D eigenvalue weighted by atomic mass is 10.2. The number of hydrazine groups is 1. The highest BCUT2D eigenvalue weighted by molar-refractivity contribution is 5.71. The van der Waals surface area contributed by atoms with E-state index in [1.807, 2.05) is 30.3 Å². The van der Waals surface area contributed by atoms with Crippen LogP contribution in [0.2, 0.25) is 0 Å². The second-order valence-electron chi connectivity index (χ2n) is 3.36. The number of esters is 1. The molecule has 0 aliphatic carbocycles. The van der Waals surface area contributed by atoms with E-state index >= 15 is 0 Å². The highest BCUT2D eigenvalue weighted by Crippen LogP contribution is 2.00. The number of nitrogens with two attached hydrogens (primary N) is 1. The fraction of sp³-hybridized carbons (Fsp3) is 0.250. The van der Waals surface area contributed by atoms with Crippen LogP contribution in [0.1, 0.15) is 5.56 Å². The second-order valence-corrected chi connectivity index (χ2v) is 3.36. The maximum atomic E-state index is 11.2. The molecule has 16 heavy (non-hydrogen) atoms. The van der Waals surface area contributed by atoms with Crippen molar-refractivity contribution >= 4 is 5.97 Å². The number of carbonyl (C=O) groups excluding carboxylic acids is 1. The van der Waals surface area contributed by atoms with Crippen molar-refractivity contribution < 1.29 is 9.53 Å². The number of rotatable bonds is 6. The topological polar surface area (TPSA) is 55.6 Å². The summed E-state index contributed by atoms with van der Waals surface area (Å²) >= 11 is 0. The standard InChI is InChI=1S/C12H16N2O2/c1-2-8-16-12(15)10-14(13)9-11-6-4-3-5-7-11/h2-7H,1,8-10,13H2. The van der Waals surface area contributed by atoms with Gasteiger partial charge >= 0.3 is 5.97 Å². The minimum Gasteiger partial charge on any atom is -0.460 e. The zero-order valence-corrected chi connectivity index (χ0v) is 9.13. The van der Waals surface area contributed by atoms with Crippen molar-refractivity contribution in [2.24, 2.45) is 5.84 Å². The zero-order chi connectivity index (χ0) is 11.8. The van der Waals surface area contributed by atoms with Crippen molar-refractivity contribution in [2.75, 3.05) is 13.2 Å². The maximum Gasteiger partial charge on any atom is 0.321 e. The SMILES string of the molecule is C=CCOC(=O)CN(N)Cc1ccccc1. The van der Waals surface area contributed by atoms with Crippen LogP contribution in [0.5, 0.6) is 0 Å². The Morgan fingerprint density at radius 2 is 2.12 bits per heavy atom. The van der Waals surface area contributed by atoms with Gasteiger partial charge in [-0.3, -0.25) is 10.6 Å². The lowest BCUT2D eigenvalue weighted by Crippen LogP contribution is -2.36. The molecule has 0 aliphatic rings. The summed E-state index contributed by atoms with van der Waals surface area (Å²) in [5, 5.41) is 1.42. The molecule has 0 saturated carbocycles. The van der Waals surface area contributed by atoms with Crippen LogP contribution in [0.15, 0.2) is 43.0 Å². The largest absolute Gasteiger partial charge is 0.460 e. The molecule has 0 aliphatic heterocycles. The summed E-state index contributed by atoms with van der Waals surface area (Å²) in [7, 11) is 0. The number of hydrogen-bond donors (Lipinski definition) is 1. The summed E-state index contributed by atoms with van der Waals surface area (Å²) in [5.41, 5.74) is 1.06. The predicted octanol–water partition coefficient (Wildman–Crippen LogP) is 1.09. The summed E-state index contributed by atoms with van der Waals surface area (Å²) in [6.45, 7) is 4.27. The van der Waals surface area contributed by atoms with Crippen LogP contribution in [0.25, 0.3) is 0 Å². The Morgan fingerprint density at radius 1 is 1.44 bits per heavy atom. The Balaban J connectivity index is 2.33. The van der Waals surface area contributed by atoms with Crippen LogP contribution >= 0.6 is 0 Å². The smallest absolute Gasteiger partial charge is 0.321 e. The molecule has 0 amide bonds. The Bertz CT molecular complexity index is 338. The van der Waals surface area contributed by atoms with Gasteiger partial charge in [-0.1, -0.05) is 43.0 Å². The normalized spacial score (nSPS) is 10.1. The van der Waals surface area contributed by atoms with E-state index in [-0.39, 0.29) is 19.1 Å². The Morgan fingerprint density at radius 3 is 2.75 bits per heavy atom. The van der Waals surface area contributed by atoms with Crippen LogP contribution in [-0.4, -0.2) is 24.1 Å². The lowest BCUT2D eigenvalue weighted by molar-refractivity contribution is -0.143. The van der Waals surface area contributed by atoms with Crippen molar-refractivity contribution in [2.45, 2.75) is 6.54 Å². The van der Waals surface area contributed by atoms with E-state index in [4.69, 9.17) is 10.6 Å². The first kappa shape index (κ1) is 12.4. The van der Waals surface area contributed by atoms with Gasteiger partial charge in [-0.05, 0) is 5.56 Å². The molecule has 0 atom stereocenters. The first-order valence-electron chi connectivity index (χ1n) is 5.02. The molecule has 1 aromatic rings. The summed E-state index contributed by atoms with van der Waals surface area (Å²) in [4.78, 5) is 11.2. The van der Waals surface area contributed by atoms with E-state index in [1.54, 1.807) is 0 Å². The van der Waals surface area contributed by atoms with Crippen molar-refractivity contribution in [1.82, 2.24) is 5.01 Å². The molecule has 0 fully saturated rings. The van der Waals surface area contributed by atoms with E-state index in [0.717, 1.165) is 5.56 Å². The number of hydrogen-bond acceptors (Lipinski definition) is 4. The monoisotopic (exact) mass is 220 g/mol. The molecular formula is C12H16N2O2. The molecule has 0 radical (unpaired) electrons. The third-order valence-corrected chi connectivity index (χ3v) is 1.92. The Kier molecular flexibility index (Phi) is 5.25. The predicted molar refractivity (Wildman–Crippen MR) is 62.2 cm³/mol. The van der Waals surface area contributed by atoms with Crippen LogP contribution in [-0.2, 0) is 16.1 Å². The summed E-state index contributed by atoms with van der Waals surface area (Å²) < 4.78 is 4.82. The molecule has 86 valence electrons. The van der Waals surface area contributed by atoms with Gasteiger partial charge in [0.15, 0.2) is 0 Å². The van der Waals surface area contributed by atoms with Crippen molar-refractivity contribution in [3.63, 3.8) is 0 Å². The van der Waals surface area contributed by atoms with Gasteiger partial charge < -0.3 is 4.74 Å². The lowest BCUT2D eigenvalue weighted by Gasteiger charge is -2.14. The first-order chi connectivity index (χ1) is 7.72. The van der Waals surface area contributed by atoms with E-state index < -0.39 is 0 Å². The van der Waals surface area contributed by atoms with Crippen molar-refractivity contribution in [3.05, 3.63) is 48.6 Å². The number of benzene rings is 1. The number of ether oxygens (including phenoxy) is 1. The summed E-state index contributed by atoms with van der Waals surface area (Å²) in [6, 6.07) is 9.70. The van der Waals surface area contributed by atoms with Gasteiger partial charge in [0.05, 0.1) is 0 Å². The molecule has 0 aromatic heterocycles. The van der Waals surface area contributed by atoms with Crippen molar-refractivity contribution in [1.29, 1.82) is 0 Å². The van der Waals surface area contributed by atoms with E-state index in [9.17, 15) is 4.79 Å². The van der Waals surface area contributed by atoms with Gasteiger partial charge in [-0.15, -0.1) is 0 Å². The Hall–Kier alpha value is -1.65. The molecule has 1 rings (SSSR count). The zero-order valence-electron chi connectivity index (χ0n) is 9.13. The average Bonchev–Trinajstić information content (AvgIpc) is 2.27. The van der Waals surface area contributed by atoms with Gasteiger partial charge in [-0.25, -0.2) is 5.01 Å². The minimum atomic E-state index is -0.349. The molecule has 1 aromatic carbocycles. The van der Waals surface area contributed by atoms with Crippen LogP contribution in [0, 0.1) is 0 Å². The van der Waals surface area contributed by atoms with E-state index in [0.29, 0.717) is 6.54 Å².